The molecule has 2 N–H and O–H groups in total. The summed E-state index contributed by atoms with van der Waals surface area (Å²) in [5.41, 5.74) is 4.78. The van der Waals surface area contributed by atoms with Crippen molar-refractivity contribution in [3.8, 4) is 6.07 Å². The molecule has 0 atom stereocenters. The van der Waals surface area contributed by atoms with Crippen molar-refractivity contribution in [3.05, 3.63) is 51.9 Å². The number of halogens is 4. The monoisotopic (exact) mass is 736 g/mol. The summed E-state index contributed by atoms with van der Waals surface area (Å²) in [7, 11) is 2.11. The molecule has 0 radical (unpaired) electrons. The molecule has 12 nitrogen and oxygen atoms in total. The van der Waals surface area contributed by atoms with Crippen molar-refractivity contribution in [2.75, 3.05) is 51.3 Å². The molecule has 2 saturated heterocycles. The number of nitriles is 1. The number of aliphatic carboxylic acids is 1. The molecule has 260 valence electrons. The van der Waals surface area contributed by atoms with Crippen LogP contribution in [0, 0.1) is 17.2 Å². The fourth-order valence-electron chi connectivity index (χ4n) is 6.05. The van der Waals surface area contributed by atoms with Crippen molar-refractivity contribution in [1.29, 1.82) is 5.26 Å². The molecule has 1 aromatic carbocycles. The Hall–Kier alpha value is -3.81. The number of nitrogens with zero attached hydrogens (tertiary/aromatic N) is 7. The van der Waals surface area contributed by atoms with Crippen molar-refractivity contribution in [2.24, 2.45) is 5.92 Å². The zero-order chi connectivity index (χ0) is 34.8. The summed E-state index contributed by atoms with van der Waals surface area (Å²) in [5.74, 6) is -1.94. The number of nitrogens with one attached hydrogen (secondary N) is 1. The number of benzene rings is 1. The molecule has 5 rings (SSSR count). The number of carboxylic acids is 1. The van der Waals surface area contributed by atoms with E-state index in [2.05, 4.69) is 48.2 Å². The molecule has 48 heavy (non-hydrogen) atoms. The SMILES string of the molecule is CN1CCN(C(=O)C2CCN(Cc3ccc(C(=O)NN(c4nc(C#N)ncc4Br)C4CCCCC4)cc3)CC2)CC1.O=C(O)C(F)(F)F. The van der Waals surface area contributed by atoms with Gasteiger partial charge in [-0.15, -0.1) is 0 Å². The minimum absolute atomic E-state index is 0.0651. The first-order valence-corrected chi connectivity index (χ1v) is 16.8. The first-order valence-electron chi connectivity index (χ1n) is 16.0. The van der Waals surface area contributed by atoms with Crippen LogP contribution in [0.5, 0.6) is 0 Å². The van der Waals surface area contributed by atoms with E-state index in [9.17, 15) is 28.0 Å². The average Bonchev–Trinajstić information content (AvgIpc) is 3.08. The molecule has 3 fully saturated rings. The van der Waals surface area contributed by atoms with E-state index < -0.39 is 12.1 Å². The number of hydrogen-bond donors (Lipinski definition) is 2. The van der Waals surface area contributed by atoms with E-state index in [1.807, 2.05) is 40.2 Å². The van der Waals surface area contributed by atoms with E-state index in [-0.39, 0.29) is 23.7 Å². The molecule has 0 unspecified atom stereocenters. The van der Waals surface area contributed by atoms with Crippen molar-refractivity contribution >= 4 is 39.5 Å². The largest absolute Gasteiger partial charge is 0.490 e. The molecule has 0 spiro atoms. The van der Waals surface area contributed by atoms with Crippen molar-refractivity contribution in [2.45, 2.75) is 63.7 Å². The molecular weight excluding hydrogens is 697 g/mol. The average molecular weight is 738 g/mol. The van der Waals surface area contributed by atoms with Crippen molar-refractivity contribution in [1.82, 2.24) is 30.1 Å². The van der Waals surface area contributed by atoms with E-state index in [0.717, 1.165) is 89.9 Å². The van der Waals surface area contributed by atoms with Gasteiger partial charge < -0.3 is 14.9 Å². The Bertz CT molecular complexity index is 1450. The summed E-state index contributed by atoms with van der Waals surface area (Å²) in [6.07, 6.45) is 3.50. The van der Waals surface area contributed by atoms with Gasteiger partial charge in [-0.25, -0.2) is 9.78 Å². The number of alkyl halides is 3. The second-order valence-corrected chi connectivity index (χ2v) is 13.1. The molecule has 3 heterocycles. The van der Waals surface area contributed by atoms with Gasteiger partial charge in [0.25, 0.3) is 5.91 Å². The first-order chi connectivity index (χ1) is 22.8. The first kappa shape index (κ1) is 37.0. The summed E-state index contributed by atoms with van der Waals surface area (Å²) < 4.78 is 32.4. The molecule has 16 heteroatoms. The second-order valence-electron chi connectivity index (χ2n) is 12.3. The minimum atomic E-state index is -5.08. The predicted molar refractivity (Wildman–Crippen MR) is 173 cm³/mol. The molecule has 1 saturated carbocycles. The van der Waals surface area contributed by atoms with Gasteiger partial charge in [0, 0.05) is 50.4 Å². The topological polar surface area (TPSA) is 146 Å². The predicted octanol–water partition coefficient (Wildman–Crippen LogP) is 4.21. The fraction of sp³-hybridized carbons (Fsp3) is 0.562. The smallest absolute Gasteiger partial charge is 0.475 e. The summed E-state index contributed by atoms with van der Waals surface area (Å²) in [6, 6.07) is 9.84. The van der Waals surface area contributed by atoms with Gasteiger partial charge in [-0.05, 0) is 79.4 Å². The molecular formula is C32H40BrF3N8O4. The van der Waals surface area contributed by atoms with Crippen LogP contribution in [-0.2, 0) is 16.1 Å². The standard InChI is InChI=1S/C30H39BrN8O2.C2HF3O2/c1-36-15-17-38(18-16-36)30(41)24-11-13-37(14-12-24)21-22-7-9-23(10-8-22)29(40)35-39(25-5-3-2-4-6-25)28-26(31)20-33-27(19-32)34-28;3-2(4,5)1(6)7/h7-10,20,24-25H,2-6,11-18,21H2,1H3,(H,35,40);(H,6,7). The van der Waals surface area contributed by atoms with Crippen LogP contribution < -0.4 is 10.4 Å². The van der Waals surface area contributed by atoms with Crippen LogP contribution >= 0.6 is 15.9 Å². The van der Waals surface area contributed by atoms with Crippen molar-refractivity contribution < 1.29 is 32.7 Å². The van der Waals surface area contributed by atoms with Gasteiger partial charge in [0.05, 0.1) is 10.5 Å². The fourth-order valence-corrected chi connectivity index (χ4v) is 6.44. The van der Waals surface area contributed by atoms with E-state index in [1.54, 1.807) is 6.20 Å². The minimum Gasteiger partial charge on any atom is -0.475 e. The van der Waals surface area contributed by atoms with Crippen LogP contribution in [0.2, 0.25) is 0 Å². The van der Waals surface area contributed by atoms with Crippen LogP contribution in [-0.4, -0.2) is 106 Å². The second kappa shape index (κ2) is 17.0. The Morgan fingerprint density at radius 3 is 2.19 bits per heavy atom. The number of anilines is 1. The normalized spacial score (nSPS) is 18.3. The van der Waals surface area contributed by atoms with Gasteiger partial charge >= 0.3 is 12.1 Å². The van der Waals surface area contributed by atoms with Crippen LogP contribution in [0.1, 0.15) is 66.7 Å². The molecule has 3 aliphatic rings. The Kier molecular flexibility index (Phi) is 13.1. The number of hydrazine groups is 1. The maximum absolute atomic E-state index is 13.4. The van der Waals surface area contributed by atoms with Gasteiger partial charge in [0.15, 0.2) is 5.82 Å². The highest BCUT2D eigenvalue weighted by molar-refractivity contribution is 9.10. The van der Waals surface area contributed by atoms with E-state index in [1.165, 1.54) is 6.42 Å². The van der Waals surface area contributed by atoms with Crippen LogP contribution in [0.4, 0.5) is 19.0 Å². The van der Waals surface area contributed by atoms with E-state index in [0.29, 0.717) is 21.8 Å². The highest BCUT2D eigenvalue weighted by atomic mass is 79.9. The number of hydrogen-bond acceptors (Lipinski definition) is 9. The molecule has 1 aliphatic carbocycles. The third-order valence-electron chi connectivity index (χ3n) is 8.83. The lowest BCUT2D eigenvalue weighted by molar-refractivity contribution is -0.192. The number of amides is 2. The molecule has 0 bridgehead atoms. The van der Waals surface area contributed by atoms with Crippen LogP contribution in [0.3, 0.4) is 0 Å². The lowest BCUT2D eigenvalue weighted by Gasteiger charge is -2.37. The Labute approximate surface area is 286 Å². The lowest BCUT2D eigenvalue weighted by Crippen LogP contribution is -2.50. The van der Waals surface area contributed by atoms with E-state index in [4.69, 9.17) is 9.90 Å². The van der Waals surface area contributed by atoms with Crippen LogP contribution in [0.25, 0.3) is 0 Å². The number of rotatable bonds is 7. The number of piperidine rings is 1. The zero-order valence-corrected chi connectivity index (χ0v) is 28.3. The summed E-state index contributed by atoms with van der Waals surface area (Å²) in [4.78, 5) is 50.4. The number of aromatic nitrogens is 2. The molecule has 2 aromatic rings. The zero-order valence-electron chi connectivity index (χ0n) is 26.8. The molecule has 1 aromatic heterocycles. The maximum Gasteiger partial charge on any atom is 0.490 e. The number of likely N-dealkylation sites (N-methyl/N-ethyl adjacent to an activating group) is 1. The van der Waals surface area contributed by atoms with Crippen molar-refractivity contribution in [3.63, 3.8) is 0 Å². The Balaban J connectivity index is 0.000000671. The number of carbonyl (C=O) groups excluding carboxylic acids is 2. The third kappa shape index (κ3) is 10.3. The lowest BCUT2D eigenvalue weighted by atomic mass is 9.94. The van der Waals surface area contributed by atoms with Gasteiger partial charge in [0.2, 0.25) is 11.7 Å². The van der Waals surface area contributed by atoms with Crippen LogP contribution in [0.15, 0.2) is 34.9 Å². The number of carbonyl (C=O) groups is 3. The summed E-state index contributed by atoms with van der Waals surface area (Å²) in [6.45, 7) is 6.20. The maximum atomic E-state index is 13.4. The number of piperazine rings is 1. The number of likely N-dealkylation sites (tertiary alicyclic amines) is 1. The highest BCUT2D eigenvalue weighted by Gasteiger charge is 2.38. The van der Waals surface area contributed by atoms with Gasteiger partial charge in [-0.1, -0.05) is 31.4 Å². The number of carboxylic acid groups (broad SMARTS) is 1. The highest BCUT2D eigenvalue weighted by Crippen LogP contribution is 2.30. The van der Waals surface area contributed by atoms with E-state index >= 15 is 0 Å². The Morgan fingerprint density at radius 1 is 1.02 bits per heavy atom. The van der Waals surface area contributed by atoms with Gasteiger partial charge in [-0.2, -0.15) is 23.4 Å². The quantitative estimate of drug-likeness (QED) is 0.397. The molecule has 2 amide bonds. The Morgan fingerprint density at radius 2 is 1.62 bits per heavy atom. The third-order valence-corrected chi connectivity index (χ3v) is 9.39. The summed E-state index contributed by atoms with van der Waals surface area (Å²) in [5, 5.41) is 18.3. The summed E-state index contributed by atoms with van der Waals surface area (Å²) >= 11 is 3.51. The van der Waals surface area contributed by atoms with Gasteiger partial charge in [0.1, 0.15) is 6.07 Å². The van der Waals surface area contributed by atoms with Gasteiger partial charge in [-0.3, -0.25) is 24.9 Å². The molecule has 2 aliphatic heterocycles.